The molecular weight excluding hydrogens is 270 g/mol. The molecule has 1 aliphatic rings. The van der Waals surface area contributed by atoms with E-state index < -0.39 is 0 Å². The summed E-state index contributed by atoms with van der Waals surface area (Å²) in [5.41, 5.74) is 1.68. The van der Waals surface area contributed by atoms with E-state index in [0.717, 1.165) is 42.9 Å². The number of halogens is 1. The third-order valence-corrected chi connectivity index (χ3v) is 3.84. The van der Waals surface area contributed by atoms with Gasteiger partial charge in [-0.1, -0.05) is 15.9 Å². The van der Waals surface area contributed by atoms with Gasteiger partial charge >= 0.3 is 0 Å². The summed E-state index contributed by atoms with van der Waals surface area (Å²) in [7, 11) is 0. The monoisotopic (exact) mass is 281 g/mol. The van der Waals surface area contributed by atoms with Crippen molar-refractivity contribution in [2.24, 2.45) is 0 Å². The van der Waals surface area contributed by atoms with Crippen LogP contribution in [0.1, 0.15) is 12.8 Å². The van der Waals surface area contributed by atoms with Crippen LogP contribution in [0.15, 0.2) is 12.7 Å². The second-order valence-corrected chi connectivity index (χ2v) is 5.26. The molecule has 0 saturated carbocycles. The number of nitrogens with zero attached hydrogens (tertiary/aromatic N) is 4. The molecule has 0 radical (unpaired) electrons. The van der Waals surface area contributed by atoms with Crippen molar-refractivity contribution in [3.05, 3.63) is 12.7 Å². The molecule has 3 rings (SSSR count). The van der Waals surface area contributed by atoms with E-state index in [2.05, 4.69) is 40.8 Å². The number of hydrogen-bond donors (Lipinski definition) is 1. The molecular formula is C10H12BrN5. The van der Waals surface area contributed by atoms with E-state index in [4.69, 9.17) is 0 Å². The summed E-state index contributed by atoms with van der Waals surface area (Å²) in [5, 5.41) is 0. The average molecular weight is 282 g/mol. The predicted molar refractivity (Wildman–Crippen MR) is 65.8 cm³/mol. The molecule has 1 fully saturated rings. The SMILES string of the molecule is BrC1CCN(c2ncnc3nc[nH]c23)CC1. The lowest BCUT2D eigenvalue weighted by Crippen LogP contribution is -2.34. The zero-order valence-corrected chi connectivity index (χ0v) is 10.3. The van der Waals surface area contributed by atoms with Gasteiger partial charge in [0.05, 0.1) is 6.33 Å². The average Bonchev–Trinajstić information content (AvgIpc) is 2.78. The maximum Gasteiger partial charge on any atom is 0.182 e. The number of anilines is 1. The molecule has 5 nitrogen and oxygen atoms in total. The van der Waals surface area contributed by atoms with Crippen molar-refractivity contribution in [1.82, 2.24) is 19.9 Å². The molecule has 6 heteroatoms. The minimum Gasteiger partial charge on any atom is -0.355 e. The summed E-state index contributed by atoms with van der Waals surface area (Å²) in [6.07, 6.45) is 5.55. The fourth-order valence-electron chi connectivity index (χ4n) is 2.05. The van der Waals surface area contributed by atoms with Crippen LogP contribution in [0, 0.1) is 0 Å². The first-order valence-electron chi connectivity index (χ1n) is 5.37. The number of alkyl halides is 1. The van der Waals surface area contributed by atoms with E-state index in [1.165, 1.54) is 0 Å². The molecule has 2 aromatic rings. The summed E-state index contributed by atoms with van der Waals surface area (Å²) >= 11 is 3.65. The van der Waals surface area contributed by atoms with Gasteiger partial charge in [0.1, 0.15) is 11.8 Å². The lowest BCUT2D eigenvalue weighted by Gasteiger charge is -2.30. The quantitative estimate of drug-likeness (QED) is 0.809. The molecule has 2 aromatic heterocycles. The molecule has 0 bridgehead atoms. The zero-order valence-electron chi connectivity index (χ0n) is 8.73. The maximum absolute atomic E-state index is 4.36. The van der Waals surface area contributed by atoms with E-state index in [-0.39, 0.29) is 0 Å². The summed E-state index contributed by atoms with van der Waals surface area (Å²) in [4.78, 5) is 18.7. The van der Waals surface area contributed by atoms with Crippen LogP contribution >= 0.6 is 15.9 Å². The molecule has 0 atom stereocenters. The van der Waals surface area contributed by atoms with Crippen molar-refractivity contribution in [3.8, 4) is 0 Å². The Morgan fingerprint density at radius 2 is 2.06 bits per heavy atom. The van der Waals surface area contributed by atoms with Gasteiger partial charge < -0.3 is 9.88 Å². The minimum atomic E-state index is 0.642. The lowest BCUT2D eigenvalue weighted by atomic mass is 10.1. The van der Waals surface area contributed by atoms with E-state index >= 15 is 0 Å². The highest BCUT2D eigenvalue weighted by Gasteiger charge is 2.20. The van der Waals surface area contributed by atoms with Gasteiger partial charge in [-0.25, -0.2) is 15.0 Å². The minimum absolute atomic E-state index is 0.642. The van der Waals surface area contributed by atoms with Crippen LogP contribution in [0.5, 0.6) is 0 Å². The summed E-state index contributed by atoms with van der Waals surface area (Å²) < 4.78 is 0. The lowest BCUT2D eigenvalue weighted by molar-refractivity contribution is 0.593. The topological polar surface area (TPSA) is 57.7 Å². The normalized spacial score (nSPS) is 18.2. The van der Waals surface area contributed by atoms with Crippen molar-refractivity contribution in [3.63, 3.8) is 0 Å². The molecule has 0 spiro atoms. The van der Waals surface area contributed by atoms with Crippen molar-refractivity contribution in [2.75, 3.05) is 18.0 Å². The van der Waals surface area contributed by atoms with Crippen LogP contribution in [0.4, 0.5) is 5.82 Å². The molecule has 16 heavy (non-hydrogen) atoms. The van der Waals surface area contributed by atoms with Crippen LogP contribution in [0.3, 0.4) is 0 Å². The second-order valence-electron chi connectivity index (χ2n) is 3.96. The number of rotatable bonds is 1. The molecule has 0 unspecified atom stereocenters. The molecule has 1 N–H and O–H groups in total. The number of nitrogens with one attached hydrogen (secondary N) is 1. The molecule has 3 heterocycles. The van der Waals surface area contributed by atoms with Gasteiger partial charge in [0, 0.05) is 17.9 Å². The van der Waals surface area contributed by atoms with Crippen molar-refractivity contribution in [1.29, 1.82) is 0 Å². The molecule has 0 aromatic carbocycles. The highest BCUT2D eigenvalue weighted by molar-refractivity contribution is 9.09. The fourth-order valence-corrected chi connectivity index (χ4v) is 2.46. The Hall–Kier alpha value is -1.17. The number of piperidine rings is 1. The van der Waals surface area contributed by atoms with E-state index in [1.54, 1.807) is 12.7 Å². The Bertz CT molecular complexity index is 489. The van der Waals surface area contributed by atoms with Crippen molar-refractivity contribution in [2.45, 2.75) is 17.7 Å². The van der Waals surface area contributed by atoms with Crippen LogP contribution in [0.25, 0.3) is 11.2 Å². The summed E-state index contributed by atoms with van der Waals surface area (Å²) in [6, 6.07) is 0. The van der Waals surface area contributed by atoms with Gasteiger partial charge in [0.15, 0.2) is 11.5 Å². The largest absolute Gasteiger partial charge is 0.355 e. The number of fused-ring (bicyclic) bond motifs is 1. The van der Waals surface area contributed by atoms with Crippen LogP contribution in [-0.2, 0) is 0 Å². The first-order chi connectivity index (χ1) is 7.84. The fraction of sp³-hybridized carbons (Fsp3) is 0.500. The number of aromatic amines is 1. The Morgan fingerprint density at radius 3 is 2.88 bits per heavy atom. The summed E-state index contributed by atoms with van der Waals surface area (Å²) in [5.74, 6) is 0.974. The molecule has 0 aliphatic carbocycles. The molecule has 1 saturated heterocycles. The third kappa shape index (κ3) is 1.67. The van der Waals surface area contributed by atoms with Crippen LogP contribution in [0.2, 0.25) is 0 Å². The van der Waals surface area contributed by atoms with Gasteiger partial charge in [-0.3, -0.25) is 0 Å². The smallest absolute Gasteiger partial charge is 0.182 e. The van der Waals surface area contributed by atoms with Gasteiger partial charge in [0.2, 0.25) is 0 Å². The second kappa shape index (κ2) is 4.01. The number of imidazole rings is 1. The first kappa shape index (κ1) is 10.0. The Morgan fingerprint density at radius 1 is 1.25 bits per heavy atom. The number of H-pyrrole nitrogens is 1. The van der Waals surface area contributed by atoms with Crippen molar-refractivity contribution < 1.29 is 0 Å². The van der Waals surface area contributed by atoms with Gasteiger partial charge in [-0.05, 0) is 12.8 Å². The zero-order chi connectivity index (χ0) is 11.0. The maximum atomic E-state index is 4.36. The van der Waals surface area contributed by atoms with E-state index in [0.29, 0.717) is 4.83 Å². The van der Waals surface area contributed by atoms with Gasteiger partial charge in [-0.15, -0.1) is 0 Å². The summed E-state index contributed by atoms with van der Waals surface area (Å²) in [6.45, 7) is 2.06. The van der Waals surface area contributed by atoms with Crippen molar-refractivity contribution >= 4 is 32.9 Å². The molecule has 1 aliphatic heterocycles. The highest BCUT2D eigenvalue weighted by atomic mass is 79.9. The Kier molecular flexibility index (Phi) is 2.51. The number of aromatic nitrogens is 4. The number of hydrogen-bond acceptors (Lipinski definition) is 4. The standard InChI is InChI=1S/C10H12BrN5/c11-7-1-3-16(4-2-7)10-8-9(13-5-12-8)14-6-15-10/h5-7H,1-4H2,(H,12,13,14,15). The van der Waals surface area contributed by atoms with Crippen LogP contribution < -0.4 is 4.90 Å². The van der Waals surface area contributed by atoms with E-state index in [1.807, 2.05) is 0 Å². The van der Waals surface area contributed by atoms with Crippen LogP contribution in [-0.4, -0.2) is 37.9 Å². The Balaban J connectivity index is 1.96. The van der Waals surface area contributed by atoms with Gasteiger partial charge in [0.25, 0.3) is 0 Å². The van der Waals surface area contributed by atoms with Gasteiger partial charge in [-0.2, -0.15) is 0 Å². The highest BCUT2D eigenvalue weighted by Crippen LogP contribution is 2.25. The molecule has 84 valence electrons. The Labute approximate surface area is 101 Å². The van der Waals surface area contributed by atoms with E-state index in [9.17, 15) is 0 Å². The first-order valence-corrected chi connectivity index (χ1v) is 6.29. The third-order valence-electron chi connectivity index (χ3n) is 2.93. The predicted octanol–water partition coefficient (Wildman–Crippen LogP) is 1.72. The molecule has 0 amide bonds.